The van der Waals surface area contributed by atoms with Crippen LogP contribution in [0.3, 0.4) is 0 Å². The molecule has 76 valence electrons. The molecule has 1 rings (SSSR count). The number of ketones is 1. The molecule has 0 fully saturated rings. The molecule has 14 heavy (non-hydrogen) atoms. The second-order valence-corrected chi connectivity index (χ2v) is 4.82. The maximum Gasteiger partial charge on any atom is 0.155 e. The van der Waals surface area contributed by atoms with Gasteiger partial charge in [0.05, 0.1) is 6.04 Å². The lowest BCUT2D eigenvalue weighted by molar-refractivity contribution is -0.119. The third-order valence-corrected chi connectivity index (χ3v) is 3.79. The molecule has 0 radical (unpaired) electrons. The lowest BCUT2D eigenvalue weighted by Gasteiger charge is -2.06. The van der Waals surface area contributed by atoms with Crippen molar-refractivity contribution in [3.05, 3.63) is 33.5 Å². The monoisotopic (exact) mass is 273 g/mol. The smallest absolute Gasteiger partial charge is 0.155 e. The molecule has 0 bridgehead atoms. The highest BCUT2D eigenvalue weighted by atomic mass is 79.9. The number of halogens is 1. The maximum atomic E-state index is 11.6. The Morgan fingerprint density at radius 2 is 2.50 bits per heavy atom. The Balaban J connectivity index is 2.57. The second-order valence-electron chi connectivity index (χ2n) is 2.97. The van der Waals surface area contributed by atoms with Gasteiger partial charge in [-0.25, -0.2) is 0 Å². The molecule has 0 saturated carbocycles. The summed E-state index contributed by atoms with van der Waals surface area (Å²) in [5.74, 6) is 0.0630. The van der Waals surface area contributed by atoms with Gasteiger partial charge in [-0.2, -0.15) is 0 Å². The van der Waals surface area contributed by atoms with E-state index in [1.807, 2.05) is 11.4 Å². The molecule has 0 aliphatic heterocycles. The van der Waals surface area contributed by atoms with Gasteiger partial charge in [0.1, 0.15) is 0 Å². The highest BCUT2D eigenvalue weighted by Crippen LogP contribution is 2.23. The third kappa shape index (κ3) is 3.04. The van der Waals surface area contributed by atoms with Crippen LogP contribution >= 0.6 is 27.3 Å². The summed E-state index contributed by atoms with van der Waals surface area (Å²) in [5.41, 5.74) is 5.66. The molecule has 1 heterocycles. The zero-order valence-corrected chi connectivity index (χ0v) is 10.1. The van der Waals surface area contributed by atoms with Crippen molar-refractivity contribution in [2.24, 2.45) is 5.73 Å². The number of Topliss-reactive ketones (excluding diaryl/α,β-unsaturated/α-hetero) is 1. The standard InChI is InChI=1S/C10H12BrNOS/c1-2-3-8(12)9(13)6-10-7(11)4-5-14-10/h2,4-5,8H,1,3,6,12H2. The van der Waals surface area contributed by atoms with Crippen LogP contribution in [0.15, 0.2) is 28.6 Å². The second kappa shape index (κ2) is 5.44. The molecule has 0 spiro atoms. The summed E-state index contributed by atoms with van der Waals surface area (Å²) in [6, 6.07) is 1.52. The fraction of sp³-hybridized carbons (Fsp3) is 0.300. The maximum absolute atomic E-state index is 11.6. The summed E-state index contributed by atoms with van der Waals surface area (Å²) in [7, 11) is 0. The summed E-state index contributed by atoms with van der Waals surface area (Å²) in [5, 5.41) is 1.95. The molecule has 0 aromatic carbocycles. The van der Waals surface area contributed by atoms with Gasteiger partial charge in [-0.1, -0.05) is 6.08 Å². The molecule has 1 aromatic rings. The first-order valence-corrected chi connectivity index (χ1v) is 5.93. The van der Waals surface area contributed by atoms with Gasteiger partial charge in [-0.15, -0.1) is 17.9 Å². The Kier molecular flexibility index (Phi) is 4.51. The van der Waals surface area contributed by atoms with E-state index in [9.17, 15) is 4.79 Å². The first-order valence-electron chi connectivity index (χ1n) is 4.26. The van der Waals surface area contributed by atoms with Crippen molar-refractivity contribution in [3.63, 3.8) is 0 Å². The summed E-state index contributed by atoms with van der Waals surface area (Å²) in [6.45, 7) is 3.56. The number of hydrogen-bond acceptors (Lipinski definition) is 3. The van der Waals surface area contributed by atoms with E-state index in [0.717, 1.165) is 9.35 Å². The number of nitrogens with two attached hydrogens (primary N) is 1. The molecule has 2 N–H and O–H groups in total. The van der Waals surface area contributed by atoms with Crippen LogP contribution in [0.2, 0.25) is 0 Å². The van der Waals surface area contributed by atoms with Crippen LogP contribution in [0.4, 0.5) is 0 Å². The Morgan fingerprint density at radius 1 is 1.79 bits per heavy atom. The SMILES string of the molecule is C=CCC(N)C(=O)Cc1sccc1Br. The molecule has 1 aromatic heterocycles. The van der Waals surface area contributed by atoms with E-state index in [0.29, 0.717) is 12.8 Å². The van der Waals surface area contributed by atoms with Crippen molar-refractivity contribution < 1.29 is 4.79 Å². The van der Waals surface area contributed by atoms with Gasteiger partial charge >= 0.3 is 0 Å². The lowest BCUT2D eigenvalue weighted by Crippen LogP contribution is -2.30. The summed E-state index contributed by atoms with van der Waals surface area (Å²) in [4.78, 5) is 12.6. The van der Waals surface area contributed by atoms with Crippen LogP contribution in [0, 0.1) is 0 Å². The minimum absolute atomic E-state index is 0.0630. The van der Waals surface area contributed by atoms with Gasteiger partial charge in [0, 0.05) is 15.8 Å². The van der Waals surface area contributed by atoms with Gasteiger partial charge in [-0.3, -0.25) is 4.79 Å². The third-order valence-electron chi connectivity index (χ3n) is 1.86. The number of carbonyl (C=O) groups is 1. The number of rotatable bonds is 5. The quantitative estimate of drug-likeness (QED) is 0.838. The van der Waals surface area contributed by atoms with E-state index in [-0.39, 0.29) is 5.78 Å². The number of hydrogen-bond donors (Lipinski definition) is 1. The predicted molar refractivity (Wildman–Crippen MR) is 63.5 cm³/mol. The fourth-order valence-corrected chi connectivity index (χ4v) is 2.55. The van der Waals surface area contributed by atoms with Crippen LogP contribution in [0.25, 0.3) is 0 Å². The molecule has 1 unspecified atom stereocenters. The average Bonchev–Trinajstić information content (AvgIpc) is 2.52. The average molecular weight is 274 g/mol. The predicted octanol–water partition coefficient (Wildman–Crippen LogP) is 2.53. The van der Waals surface area contributed by atoms with Crippen LogP contribution in [-0.2, 0) is 11.2 Å². The zero-order chi connectivity index (χ0) is 10.6. The molecule has 0 aliphatic carbocycles. The minimum Gasteiger partial charge on any atom is -0.321 e. The Bertz CT molecular complexity index is 335. The van der Waals surface area contributed by atoms with Crippen LogP contribution in [0.5, 0.6) is 0 Å². The van der Waals surface area contributed by atoms with Crippen LogP contribution < -0.4 is 5.73 Å². The number of thiophene rings is 1. The van der Waals surface area contributed by atoms with Crippen molar-refractivity contribution in [2.75, 3.05) is 0 Å². The van der Waals surface area contributed by atoms with Gasteiger partial charge in [0.2, 0.25) is 0 Å². The van der Waals surface area contributed by atoms with Gasteiger partial charge < -0.3 is 5.73 Å². The lowest BCUT2D eigenvalue weighted by atomic mass is 10.1. The van der Waals surface area contributed by atoms with E-state index in [1.54, 1.807) is 17.4 Å². The molecule has 0 aliphatic rings. The molecular formula is C10H12BrNOS. The summed E-state index contributed by atoms with van der Waals surface area (Å²) < 4.78 is 0.988. The first kappa shape index (κ1) is 11.6. The highest BCUT2D eigenvalue weighted by Gasteiger charge is 2.14. The summed E-state index contributed by atoms with van der Waals surface area (Å²) in [6.07, 6.45) is 2.63. The molecular weight excluding hydrogens is 262 g/mol. The molecule has 0 amide bonds. The first-order chi connectivity index (χ1) is 6.65. The molecule has 1 atom stereocenters. The van der Waals surface area contributed by atoms with Crippen LogP contribution in [0.1, 0.15) is 11.3 Å². The fourth-order valence-electron chi connectivity index (χ4n) is 1.05. The molecule has 2 nitrogen and oxygen atoms in total. The van der Waals surface area contributed by atoms with Crippen molar-refractivity contribution in [3.8, 4) is 0 Å². The van der Waals surface area contributed by atoms with Gasteiger partial charge in [0.15, 0.2) is 5.78 Å². The highest BCUT2D eigenvalue weighted by molar-refractivity contribution is 9.10. The van der Waals surface area contributed by atoms with E-state index in [2.05, 4.69) is 22.5 Å². The zero-order valence-electron chi connectivity index (χ0n) is 7.70. The normalized spacial score (nSPS) is 12.4. The number of carbonyl (C=O) groups excluding carboxylic acids is 1. The summed E-state index contributed by atoms with van der Waals surface area (Å²) >= 11 is 4.94. The van der Waals surface area contributed by atoms with Crippen molar-refractivity contribution >= 4 is 33.0 Å². The minimum atomic E-state index is -0.415. The van der Waals surface area contributed by atoms with Gasteiger partial charge in [-0.05, 0) is 33.8 Å². The Labute approximate surface area is 95.9 Å². The van der Waals surface area contributed by atoms with E-state index in [4.69, 9.17) is 5.73 Å². The van der Waals surface area contributed by atoms with E-state index >= 15 is 0 Å². The Morgan fingerprint density at radius 3 is 3.00 bits per heavy atom. The van der Waals surface area contributed by atoms with E-state index in [1.165, 1.54) is 0 Å². The van der Waals surface area contributed by atoms with Crippen LogP contribution in [-0.4, -0.2) is 11.8 Å². The molecule has 0 saturated heterocycles. The van der Waals surface area contributed by atoms with E-state index < -0.39 is 6.04 Å². The van der Waals surface area contributed by atoms with Crippen molar-refractivity contribution in [2.45, 2.75) is 18.9 Å². The largest absolute Gasteiger partial charge is 0.321 e. The van der Waals surface area contributed by atoms with Crippen molar-refractivity contribution in [1.29, 1.82) is 0 Å². The van der Waals surface area contributed by atoms with Gasteiger partial charge in [0.25, 0.3) is 0 Å². The topological polar surface area (TPSA) is 43.1 Å². The Hall–Kier alpha value is -0.450. The molecule has 4 heteroatoms. The van der Waals surface area contributed by atoms with Crippen molar-refractivity contribution in [1.82, 2.24) is 0 Å².